The molecule has 1 aliphatic carbocycles. The van der Waals surface area contributed by atoms with E-state index in [-0.39, 0.29) is 25.1 Å². The van der Waals surface area contributed by atoms with Crippen LogP contribution in [0.1, 0.15) is 54.9 Å². The zero-order valence-electron chi connectivity index (χ0n) is 25.7. The van der Waals surface area contributed by atoms with Crippen molar-refractivity contribution in [2.75, 3.05) is 51.0 Å². The van der Waals surface area contributed by atoms with Gasteiger partial charge in [0.2, 0.25) is 0 Å². The molecule has 3 unspecified atom stereocenters. The number of nitroso groups, excluding NO2 is 1. The number of methoxy groups -OCH3 is 1. The monoisotopic (exact) mass is 605 g/mol. The van der Waals surface area contributed by atoms with Crippen molar-refractivity contribution in [1.29, 1.82) is 0 Å². The lowest BCUT2D eigenvalue weighted by atomic mass is 10.0. The van der Waals surface area contributed by atoms with Gasteiger partial charge < -0.3 is 45.6 Å². The zero-order valence-corrected chi connectivity index (χ0v) is 25.7. The van der Waals surface area contributed by atoms with Crippen molar-refractivity contribution in [1.82, 2.24) is 20.4 Å². The number of anilines is 2. The van der Waals surface area contributed by atoms with Crippen LogP contribution in [0.25, 0.3) is 0 Å². The Balaban J connectivity index is 1.11. The normalized spacial score (nSPS) is 24.2. The molecule has 1 saturated heterocycles. The van der Waals surface area contributed by atoms with Crippen LogP contribution in [0.4, 0.5) is 11.4 Å². The van der Waals surface area contributed by atoms with Gasteiger partial charge in [-0.25, -0.2) is 0 Å². The van der Waals surface area contributed by atoms with Gasteiger partial charge in [0, 0.05) is 54.2 Å². The summed E-state index contributed by atoms with van der Waals surface area (Å²) in [5.74, 6) is 1.76. The molecule has 4 heterocycles. The number of amides is 1. The number of carbonyl (C=O) groups is 1. The number of hydrogen-bond donors (Lipinski definition) is 5. The van der Waals surface area contributed by atoms with Crippen molar-refractivity contribution in [3.8, 4) is 0 Å². The lowest BCUT2D eigenvalue weighted by Gasteiger charge is -2.34. The number of allylic oxidation sites excluding steroid dienone is 4. The fourth-order valence-electron chi connectivity index (χ4n) is 6.79. The molecule has 12 heteroatoms. The molecule has 12 nitrogen and oxygen atoms in total. The average Bonchev–Trinajstić information content (AvgIpc) is 3.59. The van der Waals surface area contributed by atoms with Crippen molar-refractivity contribution >= 4 is 17.3 Å². The summed E-state index contributed by atoms with van der Waals surface area (Å²) in [7, 11) is 3.79. The lowest BCUT2D eigenvalue weighted by Crippen LogP contribution is -2.43. The number of aliphatic hydroxyl groups excluding tert-OH is 1. The highest BCUT2D eigenvalue weighted by molar-refractivity contribution is 6.01. The maximum Gasteiger partial charge on any atom is 0.254 e. The van der Waals surface area contributed by atoms with E-state index in [2.05, 4.69) is 45.3 Å². The molecular formula is C32H43N7O5. The Morgan fingerprint density at radius 1 is 1.20 bits per heavy atom. The van der Waals surface area contributed by atoms with Crippen LogP contribution in [0.3, 0.4) is 0 Å². The topological polar surface area (TPSA) is 140 Å². The Hall–Kier alpha value is -4.03. The predicted octanol–water partition coefficient (Wildman–Crippen LogP) is 3.32. The number of aliphatic hydroxyl groups is 1. The van der Waals surface area contributed by atoms with E-state index >= 15 is 0 Å². The standard InChI is InChI=1S/C32H43N7O5/c1-4-22-27(43-3)6-5-7-28(22)44-18-20(37-42)16-34-24-8-11-33-31(40)29(24)30-35-25-14-19-17-39(21-9-12-38(2)13-10-21)32(41)23(19)15-26(25)36-30/h7-8,11,14-15,20-21,30-31,33-36,40H,4-6,9-10,12-13,16-18H2,1-3H3. The molecule has 0 spiro atoms. The van der Waals surface area contributed by atoms with Gasteiger partial charge in [0.15, 0.2) is 6.23 Å². The van der Waals surface area contributed by atoms with Gasteiger partial charge >= 0.3 is 0 Å². The minimum Gasteiger partial charge on any atom is -0.501 e. The number of hydrogen-bond acceptors (Lipinski definition) is 11. The number of rotatable bonds is 11. The molecule has 0 aromatic heterocycles. The van der Waals surface area contributed by atoms with Crippen molar-refractivity contribution in [2.45, 2.75) is 70.0 Å². The van der Waals surface area contributed by atoms with Gasteiger partial charge in [-0.3, -0.25) is 4.79 Å². The smallest absolute Gasteiger partial charge is 0.254 e. The Bertz CT molecular complexity index is 1410. The third-order valence-electron chi connectivity index (χ3n) is 9.27. The first-order chi connectivity index (χ1) is 21.4. The largest absolute Gasteiger partial charge is 0.501 e. The molecule has 5 N–H and O–H groups in total. The number of fused-ring (bicyclic) bond motifs is 2. The number of ether oxygens (including phenoxy) is 2. The number of dihydropyridines is 1. The molecule has 0 bridgehead atoms. The van der Waals surface area contributed by atoms with E-state index in [1.54, 1.807) is 13.3 Å². The summed E-state index contributed by atoms with van der Waals surface area (Å²) in [6, 6.07) is 3.60. The molecule has 0 radical (unpaired) electrons. The second-order valence-electron chi connectivity index (χ2n) is 12.0. The zero-order chi connectivity index (χ0) is 30.8. The van der Waals surface area contributed by atoms with Crippen LogP contribution in [0.5, 0.6) is 0 Å². The number of benzene rings is 1. The third-order valence-corrected chi connectivity index (χ3v) is 9.27. The molecule has 1 fully saturated rings. The van der Waals surface area contributed by atoms with Crippen LogP contribution in [0.15, 0.2) is 64.0 Å². The summed E-state index contributed by atoms with van der Waals surface area (Å²) in [4.78, 5) is 29.5. The summed E-state index contributed by atoms with van der Waals surface area (Å²) < 4.78 is 11.6. The maximum atomic E-state index is 13.4. The molecule has 1 amide bonds. The van der Waals surface area contributed by atoms with Crippen LogP contribution >= 0.6 is 0 Å². The molecule has 5 aliphatic rings. The number of carbonyl (C=O) groups excluding carboxylic acids is 1. The van der Waals surface area contributed by atoms with Crippen LogP contribution in [-0.2, 0) is 16.0 Å². The van der Waals surface area contributed by atoms with Gasteiger partial charge in [-0.05, 0) is 75.7 Å². The molecule has 1 aromatic rings. The summed E-state index contributed by atoms with van der Waals surface area (Å²) in [5.41, 5.74) is 5.79. The predicted molar refractivity (Wildman–Crippen MR) is 168 cm³/mol. The number of piperidine rings is 1. The maximum absolute atomic E-state index is 13.4. The minimum absolute atomic E-state index is 0.0880. The quantitative estimate of drug-likeness (QED) is 0.239. The van der Waals surface area contributed by atoms with E-state index in [4.69, 9.17) is 9.47 Å². The third kappa shape index (κ3) is 5.88. The molecular weight excluding hydrogens is 562 g/mol. The second-order valence-corrected chi connectivity index (χ2v) is 12.0. The first-order valence-electron chi connectivity index (χ1n) is 15.6. The number of likely N-dealkylation sites (tertiary alicyclic amines) is 1. The van der Waals surface area contributed by atoms with Gasteiger partial charge in [0.05, 0.1) is 18.5 Å². The van der Waals surface area contributed by atoms with E-state index in [1.165, 1.54) is 0 Å². The Kier molecular flexibility index (Phi) is 8.81. The summed E-state index contributed by atoms with van der Waals surface area (Å²) in [5, 5.41) is 27.4. The van der Waals surface area contributed by atoms with Gasteiger partial charge in [-0.15, -0.1) is 0 Å². The first kappa shape index (κ1) is 30.0. The Morgan fingerprint density at radius 2 is 1.98 bits per heavy atom. The lowest BCUT2D eigenvalue weighted by molar-refractivity contribution is 0.0617. The SMILES string of the molecule is CCC1=C(OC)CCC=C1OCC(CNC1=C(C2Nc3cc4c(cc3N2)C(=O)N(C2CCN(C)CC2)C4)C(O)NC=C1)N=O. The molecule has 1 aromatic carbocycles. The highest BCUT2D eigenvalue weighted by atomic mass is 16.5. The van der Waals surface area contributed by atoms with E-state index in [1.807, 2.05) is 29.2 Å². The van der Waals surface area contributed by atoms with E-state index in [0.29, 0.717) is 17.8 Å². The molecule has 236 valence electrons. The van der Waals surface area contributed by atoms with E-state index in [0.717, 1.165) is 84.8 Å². The van der Waals surface area contributed by atoms with Gasteiger partial charge in [0.25, 0.3) is 5.91 Å². The average molecular weight is 606 g/mol. The number of nitrogens with one attached hydrogen (secondary N) is 4. The molecule has 0 saturated carbocycles. The van der Waals surface area contributed by atoms with Crippen LogP contribution in [0.2, 0.25) is 0 Å². The van der Waals surface area contributed by atoms with Crippen molar-refractivity contribution < 1.29 is 19.4 Å². The van der Waals surface area contributed by atoms with Crippen molar-refractivity contribution in [3.63, 3.8) is 0 Å². The van der Waals surface area contributed by atoms with Crippen LogP contribution in [0, 0.1) is 4.91 Å². The van der Waals surface area contributed by atoms with E-state index in [9.17, 15) is 14.8 Å². The number of nitrogens with zero attached hydrogens (tertiary/aromatic N) is 3. The van der Waals surface area contributed by atoms with Gasteiger partial charge in [-0.1, -0.05) is 12.1 Å². The summed E-state index contributed by atoms with van der Waals surface area (Å²) >= 11 is 0. The van der Waals surface area contributed by atoms with Crippen molar-refractivity contribution in [3.05, 3.63) is 74.9 Å². The fraction of sp³-hybridized carbons (Fsp3) is 0.531. The highest BCUT2D eigenvalue weighted by Gasteiger charge is 2.37. The highest BCUT2D eigenvalue weighted by Crippen LogP contribution is 2.39. The molecule has 44 heavy (non-hydrogen) atoms. The second kappa shape index (κ2) is 12.9. The summed E-state index contributed by atoms with van der Waals surface area (Å²) in [6.07, 6.45) is 8.55. The van der Waals surface area contributed by atoms with E-state index < -0.39 is 18.4 Å². The fourth-order valence-corrected chi connectivity index (χ4v) is 6.79. The van der Waals surface area contributed by atoms with Crippen molar-refractivity contribution in [2.24, 2.45) is 5.18 Å². The summed E-state index contributed by atoms with van der Waals surface area (Å²) in [6.45, 7) is 5.02. The van der Waals surface area contributed by atoms with Gasteiger partial charge in [0.1, 0.15) is 30.3 Å². The minimum atomic E-state index is -0.966. The molecule has 4 aliphatic heterocycles. The van der Waals surface area contributed by atoms with Crippen LogP contribution < -0.4 is 21.3 Å². The Morgan fingerprint density at radius 3 is 2.70 bits per heavy atom. The molecule has 3 atom stereocenters. The van der Waals surface area contributed by atoms with Crippen LogP contribution in [-0.4, -0.2) is 85.7 Å². The Labute approximate surface area is 258 Å². The molecule has 6 rings (SSSR count). The van der Waals surface area contributed by atoms with Gasteiger partial charge in [-0.2, -0.15) is 4.91 Å². The first-order valence-corrected chi connectivity index (χ1v) is 15.6.